The Kier molecular flexibility index (Phi) is 9.71. The number of hydrogen-bond donors (Lipinski definition) is 9. The molecule has 1 aromatic heterocycles. The number of amides is 3. The highest BCUT2D eigenvalue weighted by atomic mass is 16.4. The normalized spacial score (nSPS) is 16.4. The Bertz CT molecular complexity index is 1050. The van der Waals surface area contributed by atoms with Gasteiger partial charge in [-0.1, -0.05) is 18.2 Å². The van der Waals surface area contributed by atoms with Gasteiger partial charge < -0.3 is 47.1 Å². The summed E-state index contributed by atoms with van der Waals surface area (Å²) in [4.78, 5) is 51.9. The zero-order valence-electron chi connectivity index (χ0n) is 19.3. The van der Waals surface area contributed by atoms with E-state index >= 15 is 0 Å². The lowest BCUT2D eigenvalue weighted by Gasteiger charge is -2.26. The summed E-state index contributed by atoms with van der Waals surface area (Å²) in [5, 5.41) is 45.5. The van der Waals surface area contributed by atoms with Gasteiger partial charge >= 0.3 is 5.97 Å². The molecule has 0 saturated carbocycles. The lowest BCUT2D eigenvalue weighted by atomic mass is 10.0. The van der Waals surface area contributed by atoms with Crippen molar-refractivity contribution in [1.82, 2.24) is 20.9 Å². The van der Waals surface area contributed by atoms with Crippen molar-refractivity contribution in [2.45, 2.75) is 56.6 Å². The number of carbonyl (C=O) groups is 4. The van der Waals surface area contributed by atoms with E-state index < -0.39 is 66.7 Å². The molecule has 2 aromatic rings. The summed E-state index contributed by atoms with van der Waals surface area (Å²) < 4.78 is 0. The Hall–Kier alpha value is -3.52. The number of aliphatic carboxylic acids is 1. The van der Waals surface area contributed by atoms with Gasteiger partial charge in [-0.2, -0.15) is 0 Å². The van der Waals surface area contributed by atoms with E-state index in [-0.39, 0.29) is 6.42 Å². The van der Waals surface area contributed by atoms with Crippen LogP contribution in [0.15, 0.2) is 30.5 Å². The summed E-state index contributed by atoms with van der Waals surface area (Å²) in [6.07, 6.45) is -1.06. The molecule has 35 heavy (non-hydrogen) atoms. The molecule has 6 atom stereocenters. The monoisotopic (exact) mass is 493 g/mol. The number of para-hydroxylation sites is 1. The molecule has 6 unspecified atom stereocenters. The van der Waals surface area contributed by atoms with Crippen molar-refractivity contribution in [3.8, 4) is 0 Å². The standard InChI is InChI=1S/C22H31N5O8/c1-10(29)17(21(33)27-18(11(2)30)22(34)35)26-20(32)16(9-28)25-19(31)14(23)7-12-8-24-15-6-4-3-5-13(12)15/h3-6,8,10-11,14,16-18,24,28-30H,7,9,23H2,1-2H3,(H,25,31)(H,26,32)(H,27,33)(H,34,35). The van der Waals surface area contributed by atoms with Crippen LogP contribution in [0.2, 0.25) is 0 Å². The predicted molar refractivity (Wildman–Crippen MR) is 124 cm³/mol. The first-order valence-corrected chi connectivity index (χ1v) is 10.9. The molecule has 192 valence electrons. The van der Waals surface area contributed by atoms with Crippen LogP contribution in [0.3, 0.4) is 0 Å². The first kappa shape index (κ1) is 27.7. The van der Waals surface area contributed by atoms with Gasteiger partial charge in [-0.05, 0) is 31.9 Å². The number of hydrogen-bond acceptors (Lipinski definition) is 8. The minimum atomic E-state index is -1.68. The molecule has 3 amide bonds. The highest BCUT2D eigenvalue weighted by Gasteiger charge is 2.34. The fourth-order valence-corrected chi connectivity index (χ4v) is 3.39. The van der Waals surface area contributed by atoms with Crippen LogP contribution in [-0.2, 0) is 25.6 Å². The van der Waals surface area contributed by atoms with Gasteiger partial charge in [-0.25, -0.2) is 4.79 Å². The molecule has 2 rings (SSSR count). The van der Waals surface area contributed by atoms with Gasteiger partial charge in [0.05, 0.1) is 24.9 Å². The van der Waals surface area contributed by atoms with Gasteiger partial charge in [0.25, 0.3) is 0 Å². The highest BCUT2D eigenvalue weighted by Crippen LogP contribution is 2.18. The smallest absolute Gasteiger partial charge is 0.328 e. The van der Waals surface area contributed by atoms with E-state index in [0.29, 0.717) is 0 Å². The average Bonchev–Trinajstić information content (AvgIpc) is 3.20. The first-order valence-electron chi connectivity index (χ1n) is 10.9. The quantitative estimate of drug-likeness (QED) is 0.150. The molecular formula is C22H31N5O8. The second-order valence-corrected chi connectivity index (χ2v) is 8.21. The molecule has 0 bridgehead atoms. The van der Waals surface area contributed by atoms with Gasteiger partial charge in [-0.3, -0.25) is 14.4 Å². The maximum atomic E-state index is 12.6. The third-order valence-corrected chi connectivity index (χ3v) is 5.38. The van der Waals surface area contributed by atoms with Crippen LogP contribution in [0.1, 0.15) is 19.4 Å². The largest absolute Gasteiger partial charge is 0.480 e. The fourth-order valence-electron chi connectivity index (χ4n) is 3.39. The molecule has 0 aliphatic carbocycles. The second-order valence-electron chi connectivity index (χ2n) is 8.21. The van der Waals surface area contributed by atoms with Crippen LogP contribution >= 0.6 is 0 Å². The zero-order chi connectivity index (χ0) is 26.3. The molecule has 0 aliphatic heterocycles. The maximum Gasteiger partial charge on any atom is 0.328 e. The lowest BCUT2D eigenvalue weighted by molar-refractivity contribution is -0.146. The van der Waals surface area contributed by atoms with E-state index in [0.717, 1.165) is 23.4 Å². The van der Waals surface area contributed by atoms with Gasteiger partial charge in [-0.15, -0.1) is 0 Å². The first-order chi connectivity index (χ1) is 16.5. The highest BCUT2D eigenvalue weighted by molar-refractivity contribution is 5.94. The Balaban J connectivity index is 2.03. The van der Waals surface area contributed by atoms with Crippen molar-refractivity contribution in [3.63, 3.8) is 0 Å². The molecule has 0 spiro atoms. The van der Waals surface area contributed by atoms with Crippen LogP contribution in [0.4, 0.5) is 0 Å². The number of carbonyl (C=O) groups excluding carboxylic acids is 3. The fraction of sp³-hybridized carbons (Fsp3) is 0.455. The van der Waals surface area contributed by atoms with Crippen molar-refractivity contribution in [2.75, 3.05) is 6.61 Å². The van der Waals surface area contributed by atoms with Crippen LogP contribution in [0.25, 0.3) is 10.9 Å². The third-order valence-electron chi connectivity index (χ3n) is 5.38. The van der Waals surface area contributed by atoms with Crippen LogP contribution in [0.5, 0.6) is 0 Å². The number of carboxylic acid groups (broad SMARTS) is 1. The van der Waals surface area contributed by atoms with Gasteiger partial charge in [0.1, 0.15) is 12.1 Å². The number of aliphatic hydroxyl groups excluding tert-OH is 3. The molecule has 1 aromatic carbocycles. The lowest BCUT2D eigenvalue weighted by Crippen LogP contribution is -2.61. The minimum Gasteiger partial charge on any atom is -0.480 e. The van der Waals surface area contributed by atoms with E-state index in [4.69, 9.17) is 10.8 Å². The Morgan fingerprint density at radius 1 is 0.943 bits per heavy atom. The van der Waals surface area contributed by atoms with E-state index in [1.165, 1.54) is 6.92 Å². The van der Waals surface area contributed by atoms with Crippen molar-refractivity contribution in [2.24, 2.45) is 5.73 Å². The number of rotatable bonds is 12. The van der Waals surface area contributed by atoms with Crippen molar-refractivity contribution in [1.29, 1.82) is 0 Å². The van der Waals surface area contributed by atoms with Gasteiger partial charge in [0.2, 0.25) is 17.7 Å². The molecule has 0 fully saturated rings. The predicted octanol–water partition coefficient (Wildman–Crippen LogP) is -2.67. The summed E-state index contributed by atoms with van der Waals surface area (Å²) in [5.74, 6) is -4.35. The Morgan fingerprint density at radius 2 is 1.54 bits per heavy atom. The molecule has 13 nitrogen and oxygen atoms in total. The van der Waals surface area contributed by atoms with Crippen LogP contribution in [-0.4, -0.2) is 92.1 Å². The van der Waals surface area contributed by atoms with E-state index in [9.17, 15) is 34.5 Å². The van der Waals surface area contributed by atoms with E-state index in [1.807, 2.05) is 29.6 Å². The molecule has 13 heteroatoms. The summed E-state index contributed by atoms with van der Waals surface area (Å²) in [5.41, 5.74) is 7.64. The number of aliphatic hydroxyl groups is 3. The molecule has 1 heterocycles. The van der Waals surface area contributed by atoms with E-state index in [1.54, 1.807) is 6.20 Å². The summed E-state index contributed by atoms with van der Waals surface area (Å²) >= 11 is 0. The number of nitrogens with two attached hydrogens (primary N) is 1. The average molecular weight is 494 g/mol. The van der Waals surface area contributed by atoms with Crippen molar-refractivity contribution < 1.29 is 39.6 Å². The molecule has 10 N–H and O–H groups in total. The molecule has 0 saturated heterocycles. The summed E-state index contributed by atoms with van der Waals surface area (Å²) in [6, 6.07) is 1.55. The number of fused-ring (bicyclic) bond motifs is 1. The van der Waals surface area contributed by atoms with Crippen LogP contribution < -0.4 is 21.7 Å². The Morgan fingerprint density at radius 3 is 2.11 bits per heavy atom. The molecular weight excluding hydrogens is 462 g/mol. The zero-order valence-corrected chi connectivity index (χ0v) is 19.3. The number of benzene rings is 1. The second kappa shape index (κ2) is 12.3. The molecule has 0 radical (unpaired) electrons. The van der Waals surface area contributed by atoms with Gasteiger partial charge in [0, 0.05) is 17.1 Å². The topological polar surface area (TPSA) is 227 Å². The van der Waals surface area contributed by atoms with E-state index in [2.05, 4.69) is 15.6 Å². The number of carboxylic acids is 1. The van der Waals surface area contributed by atoms with Crippen molar-refractivity contribution in [3.05, 3.63) is 36.0 Å². The summed E-state index contributed by atoms with van der Waals surface area (Å²) in [6.45, 7) is 1.48. The Labute approximate surface area is 200 Å². The number of nitrogens with one attached hydrogen (secondary N) is 4. The maximum absolute atomic E-state index is 12.6. The summed E-state index contributed by atoms with van der Waals surface area (Å²) in [7, 11) is 0. The number of aromatic nitrogens is 1. The number of aromatic amines is 1. The van der Waals surface area contributed by atoms with Crippen LogP contribution in [0, 0.1) is 0 Å². The minimum absolute atomic E-state index is 0.143. The number of H-pyrrole nitrogens is 1. The third kappa shape index (κ3) is 7.23. The van der Waals surface area contributed by atoms with Gasteiger partial charge in [0.15, 0.2) is 6.04 Å². The molecule has 0 aliphatic rings. The SMILES string of the molecule is CC(O)C(NC(=O)C(NC(=O)C(CO)NC(=O)C(N)Cc1c[nH]c2ccccc12)C(C)O)C(=O)O. The van der Waals surface area contributed by atoms with Crippen molar-refractivity contribution >= 4 is 34.6 Å².